The molecule has 0 fully saturated rings. The molecule has 2 heteroatoms. The SMILES string of the molecule is COc1cc(C(C)C)cc2cc(C)cnc12. The lowest BCUT2D eigenvalue weighted by Crippen LogP contribution is -1.93. The fourth-order valence-electron chi connectivity index (χ4n) is 1.84. The normalized spacial score (nSPS) is 11.1. The van der Waals surface area contributed by atoms with Gasteiger partial charge in [-0.1, -0.05) is 13.8 Å². The van der Waals surface area contributed by atoms with Crippen LogP contribution in [0.3, 0.4) is 0 Å². The smallest absolute Gasteiger partial charge is 0.145 e. The molecule has 0 spiro atoms. The quantitative estimate of drug-likeness (QED) is 0.762. The fourth-order valence-corrected chi connectivity index (χ4v) is 1.84. The van der Waals surface area contributed by atoms with Crippen LogP contribution < -0.4 is 4.74 Å². The minimum atomic E-state index is 0.499. The molecular weight excluding hydrogens is 198 g/mol. The molecule has 2 nitrogen and oxygen atoms in total. The van der Waals surface area contributed by atoms with Gasteiger partial charge in [-0.15, -0.1) is 0 Å². The van der Waals surface area contributed by atoms with Crippen molar-refractivity contribution in [1.82, 2.24) is 4.98 Å². The average molecular weight is 215 g/mol. The number of hydrogen-bond acceptors (Lipinski definition) is 2. The van der Waals surface area contributed by atoms with Crippen molar-refractivity contribution in [3.05, 3.63) is 35.5 Å². The Kier molecular flexibility index (Phi) is 2.82. The van der Waals surface area contributed by atoms with E-state index in [1.54, 1.807) is 7.11 Å². The molecule has 0 aliphatic carbocycles. The summed E-state index contributed by atoms with van der Waals surface area (Å²) >= 11 is 0. The Labute approximate surface area is 96.3 Å². The van der Waals surface area contributed by atoms with Crippen LogP contribution in [0.25, 0.3) is 10.9 Å². The molecule has 2 aromatic rings. The van der Waals surface area contributed by atoms with E-state index in [4.69, 9.17) is 4.74 Å². The van der Waals surface area contributed by atoms with Gasteiger partial charge < -0.3 is 4.74 Å². The minimum Gasteiger partial charge on any atom is -0.494 e. The van der Waals surface area contributed by atoms with Crippen LogP contribution in [0, 0.1) is 6.92 Å². The maximum Gasteiger partial charge on any atom is 0.145 e. The van der Waals surface area contributed by atoms with Gasteiger partial charge in [-0.2, -0.15) is 0 Å². The number of nitrogens with zero attached hydrogens (tertiary/aromatic N) is 1. The lowest BCUT2D eigenvalue weighted by Gasteiger charge is -2.11. The Morgan fingerprint density at radius 2 is 1.94 bits per heavy atom. The second kappa shape index (κ2) is 4.12. The van der Waals surface area contributed by atoms with Gasteiger partial charge in [-0.3, -0.25) is 4.98 Å². The molecule has 0 bridgehead atoms. The Bertz CT molecular complexity index is 517. The first-order valence-electron chi connectivity index (χ1n) is 5.56. The number of rotatable bonds is 2. The van der Waals surface area contributed by atoms with Crippen molar-refractivity contribution in [1.29, 1.82) is 0 Å². The number of aryl methyl sites for hydroxylation is 1. The maximum atomic E-state index is 5.40. The van der Waals surface area contributed by atoms with Crippen molar-refractivity contribution in [3.63, 3.8) is 0 Å². The van der Waals surface area contributed by atoms with Crippen LogP contribution >= 0.6 is 0 Å². The van der Waals surface area contributed by atoms with Crippen molar-refractivity contribution in [3.8, 4) is 5.75 Å². The number of hydrogen-bond donors (Lipinski definition) is 0. The van der Waals surface area contributed by atoms with Gasteiger partial charge in [-0.25, -0.2) is 0 Å². The number of ether oxygens (including phenoxy) is 1. The van der Waals surface area contributed by atoms with Crippen LogP contribution in [0.15, 0.2) is 24.4 Å². The predicted molar refractivity (Wildman–Crippen MR) is 67.1 cm³/mol. The number of aromatic nitrogens is 1. The van der Waals surface area contributed by atoms with Crippen LogP contribution in [-0.4, -0.2) is 12.1 Å². The molecule has 1 heterocycles. The summed E-state index contributed by atoms with van der Waals surface area (Å²) in [6.45, 7) is 6.43. The third kappa shape index (κ3) is 1.87. The van der Waals surface area contributed by atoms with Crippen molar-refractivity contribution < 1.29 is 4.74 Å². The molecule has 0 N–H and O–H groups in total. The van der Waals surface area contributed by atoms with Gasteiger partial charge in [0.25, 0.3) is 0 Å². The van der Waals surface area contributed by atoms with Gasteiger partial charge in [0, 0.05) is 11.6 Å². The van der Waals surface area contributed by atoms with Gasteiger partial charge in [0.15, 0.2) is 0 Å². The first-order valence-corrected chi connectivity index (χ1v) is 5.56. The first kappa shape index (κ1) is 10.9. The standard InChI is InChI=1S/C14H17NO/c1-9(2)11-6-12-5-10(3)8-15-14(12)13(7-11)16-4/h5-9H,1-4H3. The van der Waals surface area contributed by atoms with Crippen LogP contribution in [0.2, 0.25) is 0 Å². The Balaban J connectivity index is 2.73. The minimum absolute atomic E-state index is 0.499. The summed E-state index contributed by atoms with van der Waals surface area (Å²) in [5.74, 6) is 1.36. The van der Waals surface area contributed by atoms with E-state index in [1.165, 1.54) is 11.1 Å². The summed E-state index contributed by atoms with van der Waals surface area (Å²) in [6, 6.07) is 6.43. The molecule has 0 unspecified atom stereocenters. The lowest BCUT2D eigenvalue weighted by atomic mass is 10.00. The largest absolute Gasteiger partial charge is 0.494 e. The number of methoxy groups -OCH3 is 1. The van der Waals surface area contributed by atoms with Crippen molar-refractivity contribution in [2.24, 2.45) is 0 Å². The average Bonchev–Trinajstić information content (AvgIpc) is 2.26. The van der Waals surface area contributed by atoms with E-state index in [-0.39, 0.29) is 0 Å². The zero-order chi connectivity index (χ0) is 11.7. The summed E-state index contributed by atoms with van der Waals surface area (Å²) in [6.07, 6.45) is 1.87. The van der Waals surface area contributed by atoms with E-state index >= 15 is 0 Å². The van der Waals surface area contributed by atoms with Crippen LogP contribution in [0.5, 0.6) is 5.75 Å². The van der Waals surface area contributed by atoms with Crippen LogP contribution in [0.4, 0.5) is 0 Å². The topological polar surface area (TPSA) is 22.1 Å². The van der Waals surface area contributed by atoms with E-state index < -0.39 is 0 Å². The summed E-state index contributed by atoms with van der Waals surface area (Å²) < 4.78 is 5.40. The van der Waals surface area contributed by atoms with E-state index in [0.29, 0.717) is 5.92 Å². The summed E-state index contributed by atoms with van der Waals surface area (Å²) in [5.41, 5.74) is 3.41. The first-order chi connectivity index (χ1) is 7.61. The van der Waals surface area contributed by atoms with Crippen LogP contribution in [0.1, 0.15) is 30.9 Å². The van der Waals surface area contributed by atoms with E-state index in [9.17, 15) is 0 Å². The summed E-state index contributed by atoms with van der Waals surface area (Å²) in [4.78, 5) is 4.43. The molecule has 0 saturated heterocycles. The Hall–Kier alpha value is -1.57. The van der Waals surface area contributed by atoms with Gasteiger partial charge in [0.05, 0.1) is 7.11 Å². The van der Waals surface area contributed by atoms with E-state index in [2.05, 4.69) is 44.0 Å². The molecular formula is C14H17NO. The summed E-state index contributed by atoms with van der Waals surface area (Å²) in [7, 11) is 1.69. The van der Waals surface area contributed by atoms with Gasteiger partial charge in [0.1, 0.15) is 11.3 Å². The molecule has 2 rings (SSSR count). The molecule has 0 aliphatic rings. The monoisotopic (exact) mass is 215 g/mol. The molecule has 1 aromatic carbocycles. The predicted octanol–water partition coefficient (Wildman–Crippen LogP) is 3.68. The van der Waals surface area contributed by atoms with Crippen LogP contribution in [-0.2, 0) is 0 Å². The number of pyridine rings is 1. The van der Waals surface area contributed by atoms with E-state index in [0.717, 1.165) is 16.7 Å². The number of fused-ring (bicyclic) bond motifs is 1. The molecule has 0 atom stereocenters. The Morgan fingerprint density at radius 3 is 2.56 bits per heavy atom. The van der Waals surface area contributed by atoms with Crippen molar-refractivity contribution >= 4 is 10.9 Å². The molecule has 0 radical (unpaired) electrons. The van der Waals surface area contributed by atoms with Crippen molar-refractivity contribution in [2.75, 3.05) is 7.11 Å². The highest BCUT2D eigenvalue weighted by Crippen LogP contribution is 2.29. The molecule has 0 saturated carbocycles. The van der Waals surface area contributed by atoms with Crippen molar-refractivity contribution in [2.45, 2.75) is 26.7 Å². The maximum absolute atomic E-state index is 5.40. The summed E-state index contributed by atoms with van der Waals surface area (Å²) in [5, 5.41) is 1.16. The third-order valence-corrected chi connectivity index (χ3v) is 2.79. The zero-order valence-electron chi connectivity index (χ0n) is 10.2. The highest BCUT2D eigenvalue weighted by Gasteiger charge is 2.08. The van der Waals surface area contributed by atoms with Gasteiger partial charge >= 0.3 is 0 Å². The second-order valence-corrected chi connectivity index (χ2v) is 4.46. The molecule has 1 aromatic heterocycles. The fraction of sp³-hybridized carbons (Fsp3) is 0.357. The molecule has 16 heavy (non-hydrogen) atoms. The highest BCUT2D eigenvalue weighted by molar-refractivity contribution is 5.85. The Morgan fingerprint density at radius 1 is 1.19 bits per heavy atom. The van der Waals surface area contributed by atoms with Gasteiger partial charge in [0.2, 0.25) is 0 Å². The third-order valence-electron chi connectivity index (χ3n) is 2.79. The van der Waals surface area contributed by atoms with E-state index in [1.807, 2.05) is 6.20 Å². The second-order valence-electron chi connectivity index (χ2n) is 4.46. The molecule has 0 aliphatic heterocycles. The molecule has 84 valence electrons. The number of benzene rings is 1. The highest BCUT2D eigenvalue weighted by atomic mass is 16.5. The molecule has 0 amide bonds. The lowest BCUT2D eigenvalue weighted by molar-refractivity contribution is 0.418. The zero-order valence-corrected chi connectivity index (χ0v) is 10.2. The van der Waals surface area contributed by atoms with Gasteiger partial charge in [-0.05, 0) is 42.2 Å².